The highest BCUT2D eigenvalue weighted by molar-refractivity contribution is 5.83. The molecule has 0 saturated carbocycles. The summed E-state index contributed by atoms with van der Waals surface area (Å²) in [4.78, 5) is 26.9. The minimum absolute atomic E-state index is 0.248. The highest BCUT2D eigenvalue weighted by Crippen LogP contribution is 2.49. The Bertz CT molecular complexity index is 943. The number of hydrogen-bond acceptors (Lipinski definition) is 9. The lowest BCUT2D eigenvalue weighted by Gasteiger charge is -2.33. The Morgan fingerprint density at radius 1 is 1.32 bits per heavy atom. The van der Waals surface area contributed by atoms with Crippen molar-refractivity contribution < 1.29 is 28.5 Å². The maximum absolute atomic E-state index is 15.9. The van der Waals surface area contributed by atoms with Gasteiger partial charge in [0.25, 0.3) is 0 Å². The van der Waals surface area contributed by atoms with E-state index in [4.69, 9.17) is 14.2 Å². The quantitative estimate of drug-likeness (QED) is 0.670. The van der Waals surface area contributed by atoms with Crippen LogP contribution < -0.4 is 4.90 Å². The van der Waals surface area contributed by atoms with Crippen LogP contribution in [0.2, 0.25) is 0 Å². The van der Waals surface area contributed by atoms with Crippen LogP contribution in [0.1, 0.15) is 39.8 Å². The van der Waals surface area contributed by atoms with Crippen LogP contribution in [0.25, 0.3) is 11.2 Å². The summed E-state index contributed by atoms with van der Waals surface area (Å²) in [6.07, 6.45) is 1.46. The van der Waals surface area contributed by atoms with Gasteiger partial charge in [-0.15, -0.1) is 0 Å². The number of nitrogens with zero attached hydrogens (tertiary/aromatic N) is 5. The summed E-state index contributed by atoms with van der Waals surface area (Å²) >= 11 is 0. The van der Waals surface area contributed by atoms with Gasteiger partial charge in [-0.1, -0.05) is 6.92 Å². The summed E-state index contributed by atoms with van der Waals surface area (Å²) < 4.78 is 33.8. The van der Waals surface area contributed by atoms with Crippen LogP contribution in [0.15, 0.2) is 12.7 Å². The van der Waals surface area contributed by atoms with E-state index in [1.807, 2.05) is 11.8 Å². The summed E-state index contributed by atoms with van der Waals surface area (Å²) in [6, 6.07) is 0. The van der Waals surface area contributed by atoms with E-state index in [-0.39, 0.29) is 13.0 Å². The van der Waals surface area contributed by atoms with Crippen molar-refractivity contribution >= 4 is 23.0 Å². The minimum atomic E-state index is -2.20. The number of carbonyl (C=O) groups is 1. The van der Waals surface area contributed by atoms with Crippen LogP contribution in [0.5, 0.6) is 0 Å². The van der Waals surface area contributed by atoms with E-state index in [1.54, 1.807) is 0 Å². The van der Waals surface area contributed by atoms with E-state index in [0.717, 1.165) is 0 Å². The zero-order valence-electron chi connectivity index (χ0n) is 18.0. The number of esters is 1. The van der Waals surface area contributed by atoms with Crippen LogP contribution in [-0.2, 0) is 19.0 Å². The summed E-state index contributed by atoms with van der Waals surface area (Å²) in [5, 5.41) is 10.9. The second kappa shape index (κ2) is 8.29. The molecule has 10 nitrogen and oxygen atoms in total. The van der Waals surface area contributed by atoms with Crippen molar-refractivity contribution in [2.75, 3.05) is 37.8 Å². The maximum Gasteiger partial charge on any atom is 0.305 e. The predicted octanol–water partition coefficient (Wildman–Crippen LogP) is 1.38. The van der Waals surface area contributed by atoms with E-state index in [2.05, 4.69) is 15.0 Å². The number of rotatable bonds is 6. The van der Waals surface area contributed by atoms with Gasteiger partial charge in [-0.25, -0.2) is 19.3 Å². The Hall–Kier alpha value is -2.37. The molecular formula is C20H28FN5O5. The highest BCUT2D eigenvalue weighted by Gasteiger charge is 2.63. The molecule has 4 heterocycles. The molecule has 31 heavy (non-hydrogen) atoms. The summed E-state index contributed by atoms with van der Waals surface area (Å²) in [7, 11) is 0. The summed E-state index contributed by atoms with van der Waals surface area (Å²) in [5.41, 5.74) is -3.20. The molecule has 0 radical (unpaired) electrons. The van der Waals surface area contributed by atoms with Crippen molar-refractivity contribution in [2.45, 2.75) is 57.2 Å². The molecule has 2 aromatic heterocycles. The second-order valence-electron chi connectivity index (χ2n) is 8.25. The lowest BCUT2D eigenvalue weighted by molar-refractivity contribution is -0.153. The number of morpholine rings is 1. The molecule has 0 spiro atoms. The van der Waals surface area contributed by atoms with Crippen molar-refractivity contribution in [2.24, 2.45) is 0 Å². The number of halogens is 1. The molecule has 1 N–H and O–H groups in total. The van der Waals surface area contributed by atoms with E-state index < -0.39 is 29.6 Å². The van der Waals surface area contributed by atoms with Gasteiger partial charge in [-0.2, -0.15) is 0 Å². The topological polar surface area (TPSA) is 112 Å². The summed E-state index contributed by atoms with van der Waals surface area (Å²) in [6.45, 7) is 6.72. The number of anilines is 1. The SMILES string of the molecule is CCCC(=O)OC[C@H]1O[C@@H](n2cnc3c(N4CCOCC4)ncnc32)[C@](C)(F)[C@]1(C)O. The van der Waals surface area contributed by atoms with Gasteiger partial charge in [0.2, 0.25) is 0 Å². The molecule has 0 bridgehead atoms. The fraction of sp³-hybridized carbons (Fsp3) is 0.700. The van der Waals surface area contributed by atoms with Crippen molar-refractivity contribution in [1.29, 1.82) is 0 Å². The van der Waals surface area contributed by atoms with E-state index in [0.29, 0.717) is 49.7 Å². The smallest absolute Gasteiger partial charge is 0.305 e. The molecule has 2 aliphatic heterocycles. The van der Waals surface area contributed by atoms with E-state index in [9.17, 15) is 9.90 Å². The molecule has 0 aliphatic carbocycles. The first-order valence-corrected chi connectivity index (χ1v) is 10.5. The molecule has 2 saturated heterocycles. The Labute approximate surface area is 179 Å². The maximum atomic E-state index is 15.9. The molecule has 11 heteroatoms. The monoisotopic (exact) mass is 437 g/mol. The zero-order chi connectivity index (χ0) is 22.2. The van der Waals surface area contributed by atoms with Crippen LogP contribution in [0.4, 0.5) is 10.2 Å². The molecule has 2 aromatic rings. The van der Waals surface area contributed by atoms with Crippen molar-refractivity contribution in [3.8, 4) is 0 Å². The standard InChI is InChI=1S/C20H28FN5O5/c1-4-5-14(27)30-10-13-20(3,28)19(2,21)18(31-13)26-12-24-15-16(22-11-23-17(15)26)25-6-8-29-9-7-25/h11-13,18,28H,4-10H2,1-3H3/t13-,18-,19+,20-/m1/s1. The van der Waals surface area contributed by atoms with Gasteiger partial charge < -0.3 is 24.2 Å². The van der Waals surface area contributed by atoms with Crippen LogP contribution in [0.3, 0.4) is 0 Å². The molecule has 0 aromatic carbocycles. The van der Waals surface area contributed by atoms with Gasteiger partial charge in [0.05, 0.1) is 19.5 Å². The fourth-order valence-electron chi connectivity index (χ4n) is 3.97. The summed E-state index contributed by atoms with van der Waals surface area (Å²) in [5.74, 6) is 0.226. The molecule has 2 aliphatic rings. The van der Waals surface area contributed by atoms with Crippen LogP contribution in [-0.4, -0.2) is 80.9 Å². The first-order valence-electron chi connectivity index (χ1n) is 10.5. The number of imidazole rings is 1. The second-order valence-corrected chi connectivity index (χ2v) is 8.25. The van der Waals surface area contributed by atoms with Crippen LogP contribution >= 0.6 is 0 Å². The third-order valence-corrected chi connectivity index (χ3v) is 6.13. The Kier molecular flexibility index (Phi) is 5.84. The first kappa shape index (κ1) is 21.8. The molecular weight excluding hydrogens is 409 g/mol. The third-order valence-electron chi connectivity index (χ3n) is 6.13. The Morgan fingerprint density at radius 2 is 2.06 bits per heavy atom. The minimum Gasteiger partial charge on any atom is -0.463 e. The lowest BCUT2D eigenvalue weighted by atomic mass is 9.84. The number of alkyl halides is 1. The average Bonchev–Trinajstić information content (AvgIpc) is 3.24. The van der Waals surface area contributed by atoms with Gasteiger partial charge in [-0.05, 0) is 20.3 Å². The van der Waals surface area contributed by atoms with Gasteiger partial charge in [-0.3, -0.25) is 9.36 Å². The number of carbonyl (C=O) groups excluding carboxylic acids is 1. The van der Waals surface area contributed by atoms with E-state index in [1.165, 1.54) is 31.1 Å². The third kappa shape index (κ3) is 3.74. The van der Waals surface area contributed by atoms with Crippen molar-refractivity contribution in [3.05, 3.63) is 12.7 Å². The number of hydrogen-bond donors (Lipinski definition) is 1. The van der Waals surface area contributed by atoms with Gasteiger partial charge in [0, 0.05) is 19.5 Å². The largest absolute Gasteiger partial charge is 0.463 e. The fourth-order valence-corrected chi connectivity index (χ4v) is 3.97. The molecule has 0 unspecified atom stereocenters. The number of ether oxygens (including phenoxy) is 3. The number of aromatic nitrogens is 4. The molecule has 2 fully saturated rings. The molecule has 4 rings (SSSR count). The first-order chi connectivity index (χ1) is 14.8. The number of fused-ring (bicyclic) bond motifs is 1. The average molecular weight is 437 g/mol. The normalized spacial score (nSPS) is 31.3. The Morgan fingerprint density at radius 3 is 2.77 bits per heavy atom. The van der Waals surface area contributed by atoms with Gasteiger partial charge >= 0.3 is 5.97 Å². The van der Waals surface area contributed by atoms with Gasteiger partial charge in [0.1, 0.15) is 24.6 Å². The predicted molar refractivity (Wildman–Crippen MR) is 108 cm³/mol. The number of aliphatic hydroxyl groups is 1. The molecule has 4 atom stereocenters. The Balaban J connectivity index is 1.63. The van der Waals surface area contributed by atoms with Crippen LogP contribution in [0, 0.1) is 0 Å². The van der Waals surface area contributed by atoms with Crippen molar-refractivity contribution in [3.63, 3.8) is 0 Å². The highest BCUT2D eigenvalue weighted by atomic mass is 19.1. The van der Waals surface area contributed by atoms with Gasteiger partial charge in [0.15, 0.2) is 28.9 Å². The molecule has 0 amide bonds. The zero-order valence-corrected chi connectivity index (χ0v) is 18.0. The van der Waals surface area contributed by atoms with E-state index >= 15 is 4.39 Å². The molecule has 170 valence electrons. The van der Waals surface area contributed by atoms with Crippen molar-refractivity contribution in [1.82, 2.24) is 19.5 Å². The lowest BCUT2D eigenvalue weighted by Crippen LogP contribution is -2.52.